The molecule has 2 aromatic heterocycles. The summed E-state index contributed by atoms with van der Waals surface area (Å²) in [5.41, 5.74) is 1.48. The first kappa shape index (κ1) is 16.2. The molecule has 1 aliphatic rings. The summed E-state index contributed by atoms with van der Waals surface area (Å²) in [4.78, 5) is 16.1. The highest BCUT2D eigenvalue weighted by atomic mass is 19.1. The molecule has 0 radical (unpaired) electrons. The fourth-order valence-corrected chi connectivity index (χ4v) is 3.05. The maximum Gasteiger partial charge on any atom is 0.319 e. The van der Waals surface area contributed by atoms with Gasteiger partial charge in [-0.15, -0.1) is 10.2 Å². The van der Waals surface area contributed by atoms with E-state index in [-0.39, 0.29) is 17.9 Å². The zero-order valence-electron chi connectivity index (χ0n) is 13.9. The molecule has 8 heteroatoms. The number of nitrogens with one attached hydrogen (secondary N) is 2. The second-order valence-corrected chi connectivity index (χ2v) is 6.13. The Balaban J connectivity index is 1.46. The number of aryl methyl sites for hydroxylation is 1. The summed E-state index contributed by atoms with van der Waals surface area (Å²) >= 11 is 0. The van der Waals surface area contributed by atoms with E-state index in [9.17, 15) is 9.18 Å². The number of urea groups is 1. The summed E-state index contributed by atoms with van der Waals surface area (Å²) in [5.74, 6) is 1.26. The van der Waals surface area contributed by atoms with Crippen LogP contribution in [0.15, 0.2) is 48.8 Å². The van der Waals surface area contributed by atoms with Crippen LogP contribution in [0.1, 0.15) is 12.2 Å². The molecule has 0 bridgehead atoms. The van der Waals surface area contributed by atoms with Crippen molar-refractivity contribution < 1.29 is 9.18 Å². The van der Waals surface area contributed by atoms with Gasteiger partial charge in [-0.05, 0) is 42.8 Å². The molecule has 132 valence electrons. The third kappa shape index (κ3) is 3.39. The Morgan fingerprint density at radius 3 is 2.65 bits per heavy atom. The first-order valence-electron chi connectivity index (χ1n) is 8.34. The summed E-state index contributed by atoms with van der Waals surface area (Å²) in [6.07, 6.45) is 4.74. The van der Waals surface area contributed by atoms with Crippen LogP contribution in [0.4, 0.5) is 14.9 Å². The summed E-state index contributed by atoms with van der Waals surface area (Å²) in [5, 5.41) is 14.2. The van der Waals surface area contributed by atoms with E-state index in [1.165, 1.54) is 12.1 Å². The van der Waals surface area contributed by atoms with Gasteiger partial charge in [-0.25, -0.2) is 9.18 Å². The number of hydrogen-bond acceptors (Lipinski definition) is 4. The van der Waals surface area contributed by atoms with Gasteiger partial charge < -0.3 is 15.2 Å². The molecular weight excluding hydrogens is 335 g/mol. The molecule has 2 amide bonds. The minimum Gasteiger partial charge on any atom is -0.333 e. The Morgan fingerprint density at radius 1 is 1.12 bits per heavy atom. The standard InChI is InChI=1S/C18H17FN6O/c19-13-3-1-12(2-4-13)17-24-23-16-6-5-15(11-25(16)17)22-18(26)21-14-7-9-20-10-8-14/h1-4,7-10,15H,5-6,11H2,(H2,20,21,22,26)/t15-/m0/s1. The van der Waals surface area contributed by atoms with Crippen LogP contribution in [0.2, 0.25) is 0 Å². The lowest BCUT2D eigenvalue weighted by Crippen LogP contribution is -2.43. The topological polar surface area (TPSA) is 84.7 Å². The Bertz CT molecular complexity index is 909. The molecular formula is C18H17FN6O. The van der Waals surface area contributed by atoms with Crippen LogP contribution in [-0.4, -0.2) is 31.8 Å². The summed E-state index contributed by atoms with van der Waals surface area (Å²) in [7, 11) is 0. The van der Waals surface area contributed by atoms with Crippen LogP contribution in [0, 0.1) is 5.82 Å². The van der Waals surface area contributed by atoms with Gasteiger partial charge >= 0.3 is 6.03 Å². The largest absolute Gasteiger partial charge is 0.333 e. The first-order chi connectivity index (χ1) is 12.7. The summed E-state index contributed by atoms with van der Waals surface area (Å²) in [6, 6.07) is 9.31. The molecule has 0 aliphatic carbocycles. The lowest BCUT2D eigenvalue weighted by molar-refractivity contribution is 0.244. The van der Waals surface area contributed by atoms with Gasteiger partial charge in [0.25, 0.3) is 0 Å². The smallest absolute Gasteiger partial charge is 0.319 e. The van der Waals surface area contributed by atoms with Gasteiger partial charge in [-0.3, -0.25) is 4.98 Å². The number of rotatable bonds is 3. The Hall–Kier alpha value is -3.29. The average Bonchev–Trinajstić information content (AvgIpc) is 3.06. The van der Waals surface area contributed by atoms with Crippen molar-refractivity contribution in [1.29, 1.82) is 0 Å². The highest BCUT2D eigenvalue weighted by Crippen LogP contribution is 2.23. The molecule has 26 heavy (non-hydrogen) atoms. The molecule has 0 saturated heterocycles. The van der Waals surface area contributed by atoms with Crippen LogP contribution in [-0.2, 0) is 13.0 Å². The van der Waals surface area contributed by atoms with Crippen molar-refractivity contribution in [2.45, 2.75) is 25.4 Å². The maximum absolute atomic E-state index is 13.2. The van der Waals surface area contributed by atoms with Crippen molar-refractivity contribution in [2.75, 3.05) is 5.32 Å². The number of anilines is 1. The minimum atomic E-state index is -0.292. The van der Waals surface area contributed by atoms with Crippen molar-refractivity contribution in [1.82, 2.24) is 25.1 Å². The van der Waals surface area contributed by atoms with E-state index in [1.807, 2.05) is 4.57 Å². The molecule has 0 fully saturated rings. The summed E-state index contributed by atoms with van der Waals surface area (Å²) in [6.45, 7) is 0.568. The average molecular weight is 352 g/mol. The van der Waals surface area contributed by atoms with Crippen molar-refractivity contribution in [2.24, 2.45) is 0 Å². The lowest BCUT2D eigenvalue weighted by Gasteiger charge is -2.25. The minimum absolute atomic E-state index is 0.0421. The van der Waals surface area contributed by atoms with E-state index < -0.39 is 0 Å². The Kier molecular flexibility index (Phi) is 4.30. The van der Waals surface area contributed by atoms with Gasteiger partial charge in [0.05, 0.1) is 0 Å². The molecule has 0 saturated carbocycles. The van der Waals surface area contributed by atoms with E-state index in [0.717, 1.165) is 17.8 Å². The quantitative estimate of drug-likeness (QED) is 0.759. The number of hydrogen-bond donors (Lipinski definition) is 2. The van der Waals surface area contributed by atoms with E-state index in [4.69, 9.17) is 0 Å². The number of halogens is 1. The number of nitrogens with zero attached hydrogens (tertiary/aromatic N) is 4. The van der Waals surface area contributed by atoms with Gasteiger partial charge in [0, 0.05) is 42.7 Å². The number of carbonyl (C=O) groups is 1. The highest BCUT2D eigenvalue weighted by Gasteiger charge is 2.24. The van der Waals surface area contributed by atoms with Crippen LogP contribution in [0.5, 0.6) is 0 Å². The van der Waals surface area contributed by atoms with Gasteiger partial charge in [-0.2, -0.15) is 0 Å². The highest BCUT2D eigenvalue weighted by molar-refractivity contribution is 5.89. The Labute approximate surface area is 149 Å². The molecule has 4 rings (SSSR count). The SMILES string of the molecule is O=C(Nc1ccncc1)N[C@H]1CCc2nnc(-c3ccc(F)cc3)n2C1. The van der Waals surface area contributed by atoms with Gasteiger partial charge in [0.15, 0.2) is 5.82 Å². The van der Waals surface area contributed by atoms with E-state index in [0.29, 0.717) is 24.5 Å². The monoisotopic (exact) mass is 352 g/mol. The first-order valence-corrected chi connectivity index (χ1v) is 8.34. The van der Waals surface area contributed by atoms with Crippen LogP contribution >= 0.6 is 0 Å². The summed E-state index contributed by atoms with van der Waals surface area (Å²) < 4.78 is 15.1. The second-order valence-electron chi connectivity index (χ2n) is 6.13. The van der Waals surface area contributed by atoms with E-state index >= 15 is 0 Å². The number of amides is 2. The van der Waals surface area contributed by atoms with Gasteiger partial charge in [0.1, 0.15) is 11.6 Å². The number of fused-ring (bicyclic) bond motifs is 1. The van der Waals surface area contributed by atoms with Crippen molar-refractivity contribution in [3.63, 3.8) is 0 Å². The third-order valence-electron chi connectivity index (χ3n) is 4.32. The predicted molar refractivity (Wildman–Crippen MR) is 93.9 cm³/mol. The molecule has 3 aromatic rings. The fourth-order valence-electron chi connectivity index (χ4n) is 3.05. The fraction of sp³-hybridized carbons (Fsp3) is 0.222. The van der Waals surface area contributed by atoms with Crippen molar-refractivity contribution in [3.8, 4) is 11.4 Å². The van der Waals surface area contributed by atoms with Crippen LogP contribution in [0.25, 0.3) is 11.4 Å². The second kappa shape index (κ2) is 6.91. The third-order valence-corrected chi connectivity index (χ3v) is 4.32. The zero-order chi connectivity index (χ0) is 17.9. The van der Waals surface area contributed by atoms with Crippen molar-refractivity contribution in [3.05, 3.63) is 60.4 Å². The molecule has 1 aliphatic heterocycles. The number of aromatic nitrogens is 4. The number of pyridine rings is 1. The predicted octanol–water partition coefficient (Wildman–Crippen LogP) is 2.62. The molecule has 1 aromatic carbocycles. The normalized spacial score (nSPS) is 16.0. The van der Waals surface area contributed by atoms with Gasteiger partial charge in [-0.1, -0.05) is 0 Å². The number of carbonyl (C=O) groups excluding carboxylic acids is 1. The zero-order valence-corrected chi connectivity index (χ0v) is 13.9. The van der Waals surface area contributed by atoms with Crippen LogP contribution in [0.3, 0.4) is 0 Å². The Morgan fingerprint density at radius 2 is 1.88 bits per heavy atom. The van der Waals surface area contributed by atoms with E-state index in [1.54, 1.807) is 36.7 Å². The maximum atomic E-state index is 13.2. The molecule has 0 spiro atoms. The molecule has 1 atom stereocenters. The van der Waals surface area contributed by atoms with E-state index in [2.05, 4.69) is 25.8 Å². The number of benzene rings is 1. The van der Waals surface area contributed by atoms with Gasteiger partial charge in [0.2, 0.25) is 0 Å². The molecule has 7 nitrogen and oxygen atoms in total. The van der Waals surface area contributed by atoms with Crippen molar-refractivity contribution >= 4 is 11.7 Å². The molecule has 0 unspecified atom stereocenters. The lowest BCUT2D eigenvalue weighted by atomic mass is 10.1. The molecule has 3 heterocycles. The van der Waals surface area contributed by atoms with Crippen LogP contribution < -0.4 is 10.6 Å². The molecule has 2 N–H and O–H groups in total.